The molecule has 26 heavy (non-hydrogen) atoms. The van der Waals surface area contributed by atoms with Gasteiger partial charge in [0, 0.05) is 18.1 Å². The number of fused-ring (bicyclic) bond motifs is 1. The second-order valence-electron chi connectivity index (χ2n) is 7.56. The zero-order chi connectivity index (χ0) is 18.3. The van der Waals surface area contributed by atoms with E-state index in [2.05, 4.69) is 24.4 Å². The molecule has 2 aromatic rings. The van der Waals surface area contributed by atoms with Crippen LogP contribution in [0.15, 0.2) is 41.5 Å². The van der Waals surface area contributed by atoms with Gasteiger partial charge >= 0.3 is 0 Å². The Hall–Kier alpha value is -2.69. The molecule has 2 heterocycles. The third kappa shape index (κ3) is 3.09. The molecule has 0 amide bonds. The number of hydrogen-bond donors (Lipinski definition) is 2. The fourth-order valence-electron chi connectivity index (χ4n) is 3.56. The Morgan fingerprint density at radius 1 is 1.23 bits per heavy atom. The molecule has 2 aromatic carbocycles. The van der Waals surface area contributed by atoms with Gasteiger partial charge in [0.15, 0.2) is 0 Å². The molecular formula is C21H24N2O3. The first-order valence-corrected chi connectivity index (χ1v) is 8.96. The maximum atomic E-state index is 10.5. The van der Waals surface area contributed by atoms with E-state index in [-0.39, 0.29) is 17.4 Å². The molecule has 1 unspecified atom stereocenters. The molecule has 0 spiro atoms. The smallest absolute Gasteiger partial charge is 0.128 e. The first-order valence-electron chi connectivity index (χ1n) is 8.96. The Balaban J connectivity index is 1.55. The average Bonchev–Trinajstić information content (AvgIpc) is 3.10. The minimum Gasteiger partial charge on any atom is -0.507 e. The minimum absolute atomic E-state index is 0.0986. The topological polar surface area (TPSA) is 63.1 Å². The molecule has 136 valence electrons. The molecule has 0 aromatic heterocycles. The molecule has 0 radical (unpaired) electrons. The predicted octanol–water partition coefficient (Wildman–Crippen LogP) is 3.94. The van der Waals surface area contributed by atoms with Crippen LogP contribution in [-0.4, -0.2) is 23.5 Å². The second kappa shape index (κ2) is 6.24. The Bertz CT molecular complexity index is 856. The lowest BCUT2D eigenvalue weighted by Gasteiger charge is -2.33. The summed E-state index contributed by atoms with van der Waals surface area (Å²) in [7, 11) is 1.66. The summed E-state index contributed by atoms with van der Waals surface area (Å²) in [5, 5.41) is 15.0. The summed E-state index contributed by atoms with van der Waals surface area (Å²) in [6.07, 6.45) is 2.63. The zero-order valence-corrected chi connectivity index (χ0v) is 15.4. The first-order chi connectivity index (χ1) is 12.4. The monoisotopic (exact) mass is 352 g/mol. The van der Waals surface area contributed by atoms with Gasteiger partial charge in [0.25, 0.3) is 0 Å². The van der Waals surface area contributed by atoms with Gasteiger partial charge in [0.1, 0.15) is 22.8 Å². The van der Waals surface area contributed by atoms with Crippen LogP contribution in [0.4, 0.5) is 0 Å². The van der Waals surface area contributed by atoms with Gasteiger partial charge in [-0.05, 0) is 56.0 Å². The summed E-state index contributed by atoms with van der Waals surface area (Å²) >= 11 is 0. The fourth-order valence-corrected chi connectivity index (χ4v) is 3.56. The average molecular weight is 352 g/mol. The Morgan fingerprint density at radius 3 is 2.73 bits per heavy atom. The molecule has 0 fully saturated rings. The highest BCUT2D eigenvalue weighted by Gasteiger charge is 2.29. The van der Waals surface area contributed by atoms with Gasteiger partial charge in [-0.15, -0.1) is 0 Å². The lowest BCUT2D eigenvalue weighted by atomic mass is 9.91. The molecule has 0 bridgehead atoms. The number of hydrogen-bond acceptors (Lipinski definition) is 5. The SMILES string of the molecule is COc1ccc(C2CC(c3cc4c(cc3O)OC(C)(C)CC4)=NN2)cc1. The van der Waals surface area contributed by atoms with Crippen molar-refractivity contribution in [3.63, 3.8) is 0 Å². The second-order valence-corrected chi connectivity index (χ2v) is 7.56. The van der Waals surface area contributed by atoms with Crippen LogP contribution in [0.5, 0.6) is 17.2 Å². The van der Waals surface area contributed by atoms with Crippen molar-refractivity contribution in [1.82, 2.24) is 5.43 Å². The van der Waals surface area contributed by atoms with Crippen LogP contribution in [-0.2, 0) is 6.42 Å². The Labute approximate surface area is 153 Å². The van der Waals surface area contributed by atoms with Gasteiger partial charge in [0.05, 0.1) is 18.9 Å². The molecule has 2 aliphatic heterocycles. The molecule has 0 aliphatic carbocycles. The highest BCUT2D eigenvalue weighted by molar-refractivity contribution is 6.04. The maximum Gasteiger partial charge on any atom is 0.128 e. The van der Waals surface area contributed by atoms with Crippen LogP contribution < -0.4 is 14.9 Å². The summed E-state index contributed by atoms with van der Waals surface area (Å²) in [6, 6.07) is 11.8. The van der Waals surface area contributed by atoms with E-state index in [1.165, 1.54) is 0 Å². The third-order valence-corrected chi connectivity index (χ3v) is 5.14. The van der Waals surface area contributed by atoms with Gasteiger partial charge in [-0.1, -0.05) is 12.1 Å². The van der Waals surface area contributed by atoms with Crippen molar-refractivity contribution in [2.45, 2.75) is 44.8 Å². The van der Waals surface area contributed by atoms with E-state index in [1.54, 1.807) is 13.2 Å². The van der Waals surface area contributed by atoms with Crippen LogP contribution in [0.1, 0.15) is 49.4 Å². The molecule has 5 nitrogen and oxygen atoms in total. The third-order valence-electron chi connectivity index (χ3n) is 5.14. The quantitative estimate of drug-likeness (QED) is 0.878. The van der Waals surface area contributed by atoms with Gasteiger partial charge in [-0.3, -0.25) is 0 Å². The van der Waals surface area contributed by atoms with Crippen molar-refractivity contribution in [3.8, 4) is 17.2 Å². The number of aromatic hydroxyl groups is 1. The van der Waals surface area contributed by atoms with E-state index in [1.807, 2.05) is 30.3 Å². The predicted molar refractivity (Wildman–Crippen MR) is 101 cm³/mol. The van der Waals surface area contributed by atoms with Crippen LogP contribution in [0, 0.1) is 0 Å². The molecular weight excluding hydrogens is 328 g/mol. The van der Waals surface area contributed by atoms with Crippen LogP contribution >= 0.6 is 0 Å². The summed E-state index contributed by atoms with van der Waals surface area (Å²) in [6.45, 7) is 4.15. The van der Waals surface area contributed by atoms with Crippen molar-refractivity contribution in [2.75, 3.05) is 7.11 Å². The van der Waals surface area contributed by atoms with Gasteiger partial charge in [-0.2, -0.15) is 5.10 Å². The molecule has 1 atom stereocenters. The molecule has 0 saturated carbocycles. The summed E-state index contributed by atoms with van der Waals surface area (Å²) in [5.74, 6) is 1.83. The number of ether oxygens (including phenoxy) is 2. The van der Waals surface area contributed by atoms with Crippen molar-refractivity contribution >= 4 is 5.71 Å². The highest BCUT2D eigenvalue weighted by Crippen LogP contribution is 2.38. The van der Waals surface area contributed by atoms with Gasteiger partial charge in [-0.25, -0.2) is 0 Å². The lowest BCUT2D eigenvalue weighted by molar-refractivity contribution is 0.0843. The largest absolute Gasteiger partial charge is 0.507 e. The number of hydrazone groups is 1. The number of aryl methyl sites for hydroxylation is 1. The standard InChI is InChI=1S/C21H24N2O3/c1-21(2)9-8-14-10-16(19(24)12-20(14)26-21)18-11-17(22-23-18)13-4-6-15(25-3)7-5-13/h4-7,10,12,17,22,24H,8-9,11H2,1-3H3. The van der Waals surface area contributed by atoms with Crippen molar-refractivity contribution in [3.05, 3.63) is 53.1 Å². The number of nitrogens with one attached hydrogen (secondary N) is 1. The number of rotatable bonds is 3. The Kier molecular flexibility index (Phi) is 4.02. The summed E-state index contributed by atoms with van der Waals surface area (Å²) < 4.78 is 11.2. The normalized spacial score (nSPS) is 20.6. The van der Waals surface area contributed by atoms with Crippen molar-refractivity contribution in [2.24, 2.45) is 5.10 Å². The van der Waals surface area contributed by atoms with Crippen molar-refractivity contribution in [1.29, 1.82) is 0 Å². The van der Waals surface area contributed by atoms with Crippen LogP contribution in [0.25, 0.3) is 0 Å². The van der Waals surface area contributed by atoms with E-state index in [0.717, 1.165) is 53.2 Å². The van der Waals surface area contributed by atoms with Gasteiger partial charge in [0.2, 0.25) is 0 Å². The maximum absolute atomic E-state index is 10.5. The number of nitrogens with zero attached hydrogens (tertiary/aromatic N) is 1. The van der Waals surface area contributed by atoms with E-state index in [4.69, 9.17) is 9.47 Å². The molecule has 4 rings (SSSR count). The van der Waals surface area contributed by atoms with E-state index >= 15 is 0 Å². The van der Waals surface area contributed by atoms with Gasteiger partial charge < -0.3 is 20.0 Å². The fraction of sp³-hybridized carbons (Fsp3) is 0.381. The van der Waals surface area contributed by atoms with E-state index < -0.39 is 0 Å². The minimum atomic E-state index is -0.188. The van der Waals surface area contributed by atoms with Crippen LogP contribution in [0.3, 0.4) is 0 Å². The summed E-state index contributed by atoms with van der Waals surface area (Å²) in [5.41, 5.74) is 6.93. The lowest BCUT2D eigenvalue weighted by Crippen LogP contribution is -2.32. The first kappa shape index (κ1) is 16.8. The van der Waals surface area contributed by atoms with Crippen LogP contribution in [0.2, 0.25) is 0 Å². The summed E-state index contributed by atoms with van der Waals surface area (Å²) in [4.78, 5) is 0. The Morgan fingerprint density at radius 2 is 2.00 bits per heavy atom. The molecule has 2 N–H and O–H groups in total. The zero-order valence-electron chi connectivity index (χ0n) is 15.4. The number of phenols is 1. The molecule has 2 aliphatic rings. The number of phenolic OH excluding ortho intramolecular Hbond substituents is 1. The van der Waals surface area contributed by atoms with E-state index in [9.17, 15) is 5.11 Å². The van der Waals surface area contributed by atoms with Crippen molar-refractivity contribution < 1.29 is 14.6 Å². The molecule has 0 saturated heterocycles. The molecule has 5 heteroatoms. The number of benzene rings is 2. The number of methoxy groups -OCH3 is 1. The highest BCUT2D eigenvalue weighted by atomic mass is 16.5. The van der Waals surface area contributed by atoms with E-state index in [0.29, 0.717) is 0 Å².